The van der Waals surface area contributed by atoms with Gasteiger partial charge in [0.1, 0.15) is 0 Å². The number of rotatable bonds is 3. The lowest BCUT2D eigenvalue weighted by atomic mass is 9.63. The van der Waals surface area contributed by atoms with Crippen molar-refractivity contribution >= 4 is 23.7 Å². The molecule has 1 aromatic carbocycles. The highest BCUT2D eigenvalue weighted by molar-refractivity contribution is 6.06. The fourth-order valence-electron chi connectivity index (χ4n) is 4.16. The Hall–Kier alpha value is -2.43. The summed E-state index contributed by atoms with van der Waals surface area (Å²) in [5.74, 6) is -0.258. The second-order valence-corrected chi connectivity index (χ2v) is 7.06. The molecule has 0 N–H and O–H groups in total. The van der Waals surface area contributed by atoms with Crippen molar-refractivity contribution < 1.29 is 9.59 Å². The lowest BCUT2D eigenvalue weighted by Gasteiger charge is -2.37. The van der Waals surface area contributed by atoms with Crippen LogP contribution in [0.4, 0.5) is 5.69 Å². The van der Waals surface area contributed by atoms with Crippen molar-refractivity contribution in [2.75, 3.05) is 19.0 Å². The molecule has 5 rings (SSSR count). The Morgan fingerprint density at radius 3 is 2.00 bits per heavy atom. The number of hydrogen-bond donors (Lipinski definition) is 0. The summed E-state index contributed by atoms with van der Waals surface area (Å²) in [6.45, 7) is 0. The summed E-state index contributed by atoms with van der Waals surface area (Å²) in [7, 11) is 3.96. The van der Waals surface area contributed by atoms with Crippen molar-refractivity contribution in [3.63, 3.8) is 0 Å². The molecule has 1 saturated carbocycles. The summed E-state index contributed by atoms with van der Waals surface area (Å²) in [4.78, 5) is 27.3. The second-order valence-electron chi connectivity index (χ2n) is 7.06. The minimum Gasteiger partial charge on any atom is -0.378 e. The molecule has 5 nitrogen and oxygen atoms in total. The molecule has 0 radical (unpaired) electrons. The van der Waals surface area contributed by atoms with E-state index in [2.05, 4.69) is 17.3 Å². The molecule has 1 aromatic rings. The fraction of sp³-hybridized carbons (Fsp3) is 0.421. The van der Waals surface area contributed by atoms with Crippen molar-refractivity contribution in [1.82, 2.24) is 5.01 Å². The van der Waals surface area contributed by atoms with Crippen LogP contribution in [0.3, 0.4) is 0 Å². The summed E-state index contributed by atoms with van der Waals surface area (Å²) < 4.78 is 0. The normalized spacial score (nSPS) is 31.2. The highest BCUT2D eigenvalue weighted by atomic mass is 16.2. The molecule has 2 amide bonds. The average molecular weight is 323 g/mol. The van der Waals surface area contributed by atoms with Gasteiger partial charge >= 0.3 is 0 Å². The largest absolute Gasteiger partial charge is 0.378 e. The minimum atomic E-state index is -0.200. The maximum Gasteiger partial charge on any atom is 0.254 e. The summed E-state index contributed by atoms with van der Waals surface area (Å²) in [6, 6.07) is 7.84. The van der Waals surface area contributed by atoms with Gasteiger partial charge in [-0.05, 0) is 42.4 Å². The maximum atomic E-state index is 12.7. The fourth-order valence-corrected chi connectivity index (χ4v) is 4.16. The number of carbonyl (C=O) groups excluding carboxylic acids is 2. The average Bonchev–Trinajstić information content (AvgIpc) is 2.87. The van der Waals surface area contributed by atoms with Crippen molar-refractivity contribution in [1.29, 1.82) is 0 Å². The third-order valence-corrected chi connectivity index (χ3v) is 5.47. The molecule has 0 spiro atoms. The molecule has 0 aromatic heterocycles. The van der Waals surface area contributed by atoms with E-state index in [1.165, 1.54) is 0 Å². The van der Waals surface area contributed by atoms with Crippen molar-refractivity contribution in [3.05, 3.63) is 42.0 Å². The number of hydrazone groups is 1. The molecule has 2 fully saturated rings. The Labute approximate surface area is 141 Å². The lowest BCUT2D eigenvalue weighted by Crippen LogP contribution is -2.38. The summed E-state index contributed by atoms with van der Waals surface area (Å²) in [5.41, 5.74) is 1.96. The number of allylic oxidation sites excluding steroid dienone is 2. The SMILES string of the molecule is CN(C)c1ccc(C=NN2C(=O)[C@@H]3[C@H](C2=O)[C@H]2C=C[C@H]3CC2)cc1. The number of hydrogen-bond acceptors (Lipinski definition) is 4. The van der Waals surface area contributed by atoms with Crippen molar-refractivity contribution in [2.45, 2.75) is 12.8 Å². The van der Waals surface area contributed by atoms with Gasteiger partial charge in [-0.15, -0.1) is 0 Å². The number of benzene rings is 1. The second kappa shape index (κ2) is 5.58. The summed E-state index contributed by atoms with van der Waals surface area (Å²) in [5, 5.41) is 5.32. The lowest BCUT2D eigenvalue weighted by molar-refractivity contribution is -0.140. The predicted molar refractivity (Wildman–Crippen MR) is 92.6 cm³/mol. The molecule has 1 heterocycles. The highest BCUT2D eigenvalue weighted by Crippen LogP contribution is 2.49. The molecule has 4 atom stereocenters. The zero-order valence-corrected chi connectivity index (χ0v) is 13.9. The molecule has 1 aliphatic heterocycles. The minimum absolute atomic E-state index is 0.134. The molecule has 2 bridgehead atoms. The summed E-state index contributed by atoms with van der Waals surface area (Å²) in [6.07, 6.45) is 7.85. The van der Waals surface area contributed by atoms with Gasteiger partial charge in [-0.3, -0.25) is 9.59 Å². The van der Waals surface area contributed by atoms with Crippen LogP contribution >= 0.6 is 0 Å². The van der Waals surface area contributed by atoms with Gasteiger partial charge in [0.25, 0.3) is 11.8 Å². The monoisotopic (exact) mass is 323 g/mol. The van der Waals surface area contributed by atoms with Gasteiger partial charge in [0.05, 0.1) is 18.1 Å². The number of nitrogens with zero attached hydrogens (tertiary/aromatic N) is 3. The number of amides is 2. The molecule has 0 unspecified atom stereocenters. The Morgan fingerprint density at radius 1 is 1.00 bits per heavy atom. The Balaban J connectivity index is 1.55. The van der Waals surface area contributed by atoms with Gasteiger partial charge in [0, 0.05) is 19.8 Å². The first-order valence-corrected chi connectivity index (χ1v) is 8.44. The third kappa shape index (κ3) is 2.27. The smallest absolute Gasteiger partial charge is 0.254 e. The van der Waals surface area contributed by atoms with Crippen LogP contribution in [0.1, 0.15) is 18.4 Å². The van der Waals surface area contributed by atoms with E-state index in [4.69, 9.17) is 0 Å². The van der Waals surface area contributed by atoms with Crippen LogP contribution in [-0.2, 0) is 9.59 Å². The van der Waals surface area contributed by atoms with E-state index in [9.17, 15) is 9.59 Å². The topological polar surface area (TPSA) is 53.0 Å². The molecular weight excluding hydrogens is 302 g/mol. The van der Waals surface area contributed by atoms with E-state index < -0.39 is 0 Å². The zero-order chi connectivity index (χ0) is 16.8. The quantitative estimate of drug-likeness (QED) is 0.487. The van der Waals surface area contributed by atoms with E-state index in [-0.39, 0.29) is 35.5 Å². The van der Waals surface area contributed by atoms with Crippen molar-refractivity contribution in [2.24, 2.45) is 28.8 Å². The van der Waals surface area contributed by atoms with E-state index in [0.29, 0.717) is 0 Å². The third-order valence-electron chi connectivity index (χ3n) is 5.47. The Kier molecular flexibility index (Phi) is 3.52. The molecular formula is C19H21N3O2. The Bertz CT molecular complexity index is 703. The van der Waals surface area contributed by atoms with Crippen LogP contribution < -0.4 is 4.90 Å². The summed E-state index contributed by atoms with van der Waals surface area (Å²) >= 11 is 0. The Morgan fingerprint density at radius 2 is 1.54 bits per heavy atom. The van der Waals surface area contributed by atoms with Crippen LogP contribution in [-0.4, -0.2) is 37.1 Å². The standard InChI is InChI=1S/C19H21N3O2/c1-21(2)15-9-3-12(4-10-15)11-20-22-18(23)16-13-5-6-14(8-7-13)17(16)19(22)24/h3-6,9-11,13-14,16-17H,7-8H2,1-2H3/t13-,14-,16-,17+/m0/s1. The van der Waals surface area contributed by atoms with Crippen LogP contribution in [0.15, 0.2) is 41.5 Å². The molecule has 3 aliphatic carbocycles. The molecule has 24 heavy (non-hydrogen) atoms. The van der Waals surface area contributed by atoms with E-state index in [1.807, 2.05) is 43.3 Å². The number of imide groups is 1. The molecule has 4 aliphatic rings. The maximum absolute atomic E-state index is 12.7. The van der Waals surface area contributed by atoms with Gasteiger partial charge in [-0.25, -0.2) is 0 Å². The first-order valence-electron chi connectivity index (χ1n) is 8.44. The van der Waals surface area contributed by atoms with E-state index >= 15 is 0 Å². The number of carbonyl (C=O) groups is 2. The zero-order valence-electron chi connectivity index (χ0n) is 13.9. The molecule has 124 valence electrons. The van der Waals surface area contributed by atoms with Gasteiger partial charge in [0.15, 0.2) is 0 Å². The predicted octanol–water partition coefficient (Wildman–Crippen LogP) is 2.28. The van der Waals surface area contributed by atoms with Crippen LogP contribution in [0, 0.1) is 23.7 Å². The molecule has 1 saturated heterocycles. The number of fused-ring (bicyclic) bond motifs is 1. The highest BCUT2D eigenvalue weighted by Gasteiger charge is 2.56. The van der Waals surface area contributed by atoms with Gasteiger partial charge in [0.2, 0.25) is 0 Å². The van der Waals surface area contributed by atoms with E-state index in [1.54, 1.807) is 6.21 Å². The van der Waals surface area contributed by atoms with Crippen LogP contribution in [0.2, 0.25) is 0 Å². The first-order chi connectivity index (χ1) is 11.6. The van der Waals surface area contributed by atoms with E-state index in [0.717, 1.165) is 29.1 Å². The van der Waals surface area contributed by atoms with Crippen LogP contribution in [0.5, 0.6) is 0 Å². The first kappa shape index (κ1) is 15.1. The molecule has 5 heteroatoms. The van der Waals surface area contributed by atoms with Gasteiger partial charge in [-0.2, -0.15) is 10.1 Å². The van der Waals surface area contributed by atoms with Crippen LogP contribution in [0.25, 0.3) is 0 Å². The van der Waals surface area contributed by atoms with Crippen molar-refractivity contribution in [3.8, 4) is 0 Å². The number of anilines is 1. The van der Waals surface area contributed by atoms with Gasteiger partial charge < -0.3 is 4.90 Å². The van der Waals surface area contributed by atoms with Gasteiger partial charge in [-0.1, -0.05) is 24.3 Å².